The van der Waals surface area contributed by atoms with Crippen molar-refractivity contribution in [3.63, 3.8) is 0 Å². The average molecular weight is 291 g/mol. The molecule has 0 spiro atoms. The number of halogens is 1. The maximum absolute atomic E-state index is 13.2. The minimum atomic E-state index is -0.220. The first-order valence-electron chi connectivity index (χ1n) is 7.87. The van der Waals surface area contributed by atoms with Gasteiger partial charge in [-0.25, -0.2) is 4.39 Å². The van der Waals surface area contributed by atoms with E-state index in [0.29, 0.717) is 32.0 Å². The Morgan fingerprint density at radius 1 is 1.33 bits per heavy atom. The zero-order chi connectivity index (χ0) is 14.7. The number of morpholine rings is 1. The van der Waals surface area contributed by atoms with E-state index < -0.39 is 0 Å². The number of nitrogens with zero attached hydrogens (tertiary/aromatic N) is 1. The number of benzene rings is 1. The Morgan fingerprint density at radius 3 is 2.90 bits per heavy atom. The number of ether oxygens (including phenoxy) is 1. The van der Waals surface area contributed by atoms with E-state index in [4.69, 9.17) is 4.74 Å². The molecule has 1 aliphatic heterocycles. The average Bonchev–Trinajstić information content (AvgIpc) is 3.01. The number of hydrogen-bond acceptors (Lipinski definition) is 2. The van der Waals surface area contributed by atoms with Crippen LogP contribution >= 0.6 is 0 Å². The molecule has 2 aliphatic rings. The van der Waals surface area contributed by atoms with E-state index in [0.717, 1.165) is 18.4 Å². The van der Waals surface area contributed by atoms with E-state index in [1.54, 1.807) is 12.1 Å². The van der Waals surface area contributed by atoms with Gasteiger partial charge in [-0.05, 0) is 30.5 Å². The molecule has 0 aromatic heterocycles. The fraction of sp³-hybridized carbons (Fsp3) is 0.588. The number of rotatable bonds is 3. The highest BCUT2D eigenvalue weighted by atomic mass is 19.1. The molecule has 0 unspecified atom stereocenters. The van der Waals surface area contributed by atoms with E-state index in [1.165, 1.54) is 18.9 Å². The third kappa shape index (κ3) is 3.62. The van der Waals surface area contributed by atoms with E-state index in [-0.39, 0.29) is 17.8 Å². The van der Waals surface area contributed by atoms with Crippen LogP contribution in [0.4, 0.5) is 4.39 Å². The van der Waals surface area contributed by atoms with E-state index in [1.807, 2.05) is 11.0 Å². The third-order valence-electron chi connectivity index (χ3n) is 4.51. The van der Waals surface area contributed by atoms with Crippen molar-refractivity contribution in [1.29, 1.82) is 0 Å². The van der Waals surface area contributed by atoms with Crippen molar-refractivity contribution < 1.29 is 13.9 Å². The topological polar surface area (TPSA) is 29.5 Å². The Kier molecular flexibility index (Phi) is 4.54. The van der Waals surface area contributed by atoms with Crippen molar-refractivity contribution in [3.05, 3.63) is 35.6 Å². The van der Waals surface area contributed by atoms with Crippen molar-refractivity contribution in [3.8, 4) is 0 Å². The number of amides is 1. The molecule has 1 aromatic rings. The lowest BCUT2D eigenvalue weighted by Crippen LogP contribution is -2.48. The van der Waals surface area contributed by atoms with E-state index >= 15 is 0 Å². The Morgan fingerprint density at radius 2 is 2.14 bits per heavy atom. The molecule has 1 aromatic carbocycles. The Bertz CT molecular complexity index is 499. The molecule has 0 N–H and O–H groups in total. The van der Waals surface area contributed by atoms with Crippen LogP contribution < -0.4 is 0 Å². The van der Waals surface area contributed by atoms with Crippen molar-refractivity contribution in [2.24, 2.45) is 5.92 Å². The minimum Gasteiger partial charge on any atom is -0.374 e. The van der Waals surface area contributed by atoms with Gasteiger partial charge in [0.25, 0.3) is 0 Å². The molecule has 21 heavy (non-hydrogen) atoms. The molecule has 1 saturated carbocycles. The van der Waals surface area contributed by atoms with Gasteiger partial charge in [0.05, 0.1) is 12.7 Å². The van der Waals surface area contributed by atoms with Crippen LogP contribution in [0.15, 0.2) is 24.3 Å². The molecule has 1 amide bonds. The van der Waals surface area contributed by atoms with Crippen molar-refractivity contribution >= 4 is 5.91 Å². The fourth-order valence-electron chi connectivity index (χ4n) is 3.40. The van der Waals surface area contributed by atoms with E-state index in [9.17, 15) is 9.18 Å². The molecule has 114 valence electrons. The summed E-state index contributed by atoms with van der Waals surface area (Å²) in [6, 6.07) is 6.61. The summed E-state index contributed by atoms with van der Waals surface area (Å²) in [4.78, 5) is 14.4. The lowest BCUT2D eigenvalue weighted by molar-refractivity contribution is -0.142. The van der Waals surface area contributed by atoms with Gasteiger partial charge in [0.1, 0.15) is 5.82 Å². The Balaban J connectivity index is 1.59. The van der Waals surface area contributed by atoms with Gasteiger partial charge in [0, 0.05) is 25.4 Å². The van der Waals surface area contributed by atoms with Crippen LogP contribution in [-0.4, -0.2) is 36.6 Å². The zero-order valence-electron chi connectivity index (χ0n) is 12.3. The van der Waals surface area contributed by atoms with Gasteiger partial charge in [-0.1, -0.05) is 25.0 Å². The predicted octanol–water partition coefficient (Wildman–Crippen LogP) is 2.79. The molecule has 3 nitrogen and oxygen atoms in total. The van der Waals surface area contributed by atoms with Crippen LogP contribution in [0, 0.1) is 11.7 Å². The van der Waals surface area contributed by atoms with Gasteiger partial charge < -0.3 is 9.64 Å². The SMILES string of the molecule is O=C(C1CCCC1)N1CCO[C@H](Cc2cccc(F)c2)C1. The molecule has 1 saturated heterocycles. The molecule has 0 bridgehead atoms. The lowest BCUT2D eigenvalue weighted by Gasteiger charge is -2.34. The molecule has 4 heteroatoms. The summed E-state index contributed by atoms with van der Waals surface area (Å²) in [6.07, 6.45) is 5.05. The van der Waals surface area contributed by atoms with Gasteiger partial charge in [0.2, 0.25) is 5.91 Å². The summed E-state index contributed by atoms with van der Waals surface area (Å²) in [6.45, 7) is 1.90. The molecule has 3 rings (SSSR count). The zero-order valence-corrected chi connectivity index (χ0v) is 12.3. The van der Waals surface area contributed by atoms with Gasteiger partial charge in [0.15, 0.2) is 0 Å². The van der Waals surface area contributed by atoms with Crippen LogP contribution in [0.25, 0.3) is 0 Å². The first kappa shape index (κ1) is 14.5. The highest BCUT2D eigenvalue weighted by Crippen LogP contribution is 2.27. The quantitative estimate of drug-likeness (QED) is 0.857. The molecule has 1 aliphatic carbocycles. The van der Waals surface area contributed by atoms with Gasteiger partial charge in [-0.2, -0.15) is 0 Å². The lowest BCUT2D eigenvalue weighted by atomic mass is 10.0. The first-order valence-corrected chi connectivity index (χ1v) is 7.87. The van der Waals surface area contributed by atoms with Crippen molar-refractivity contribution in [2.75, 3.05) is 19.7 Å². The van der Waals surface area contributed by atoms with Crippen molar-refractivity contribution in [2.45, 2.75) is 38.2 Å². The summed E-state index contributed by atoms with van der Waals surface area (Å²) in [5.41, 5.74) is 0.926. The third-order valence-corrected chi connectivity index (χ3v) is 4.51. The minimum absolute atomic E-state index is 0.0223. The smallest absolute Gasteiger partial charge is 0.225 e. The maximum Gasteiger partial charge on any atom is 0.225 e. The van der Waals surface area contributed by atoms with Gasteiger partial charge in [-0.3, -0.25) is 4.79 Å². The summed E-state index contributed by atoms with van der Waals surface area (Å²) in [5, 5.41) is 0. The fourth-order valence-corrected chi connectivity index (χ4v) is 3.40. The first-order chi connectivity index (χ1) is 10.2. The molecule has 1 heterocycles. The number of carbonyl (C=O) groups excluding carboxylic acids is 1. The van der Waals surface area contributed by atoms with E-state index in [2.05, 4.69) is 0 Å². The van der Waals surface area contributed by atoms with Crippen LogP contribution in [0.3, 0.4) is 0 Å². The molecule has 1 atom stereocenters. The summed E-state index contributed by atoms with van der Waals surface area (Å²) in [5.74, 6) is 0.292. The Hall–Kier alpha value is -1.42. The molecular weight excluding hydrogens is 269 g/mol. The number of carbonyl (C=O) groups is 1. The second-order valence-corrected chi connectivity index (χ2v) is 6.09. The van der Waals surface area contributed by atoms with Crippen LogP contribution in [-0.2, 0) is 16.0 Å². The second-order valence-electron chi connectivity index (χ2n) is 6.09. The van der Waals surface area contributed by atoms with Crippen LogP contribution in [0.1, 0.15) is 31.2 Å². The van der Waals surface area contributed by atoms with Gasteiger partial charge in [-0.15, -0.1) is 0 Å². The normalized spacial score (nSPS) is 23.5. The molecular formula is C17H22FNO2. The Labute approximate surface area is 125 Å². The summed E-state index contributed by atoms with van der Waals surface area (Å²) in [7, 11) is 0. The number of hydrogen-bond donors (Lipinski definition) is 0. The van der Waals surface area contributed by atoms with Crippen LogP contribution in [0.5, 0.6) is 0 Å². The van der Waals surface area contributed by atoms with Gasteiger partial charge >= 0.3 is 0 Å². The largest absolute Gasteiger partial charge is 0.374 e. The van der Waals surface area contributed by atoms with Crippen LogP contribution in [0.2, 0.25) is 0 Å². The standard InChI is InChI=1S/C17H22FNO2/c18-15-7-3-4-13(10-15)11-16-12-19(8-9-21-16)17(20)14-5-1-2-6-14/h3-4,7,10,14,16H,1-2,5-6,8-9,11-12H2/t16-/m1/s1. The predicted molar refractivity (Wildman–Crippen MR) is 78.4 cm³/mol. The molecule has 2 fully saturated rings. The highest BCUT2D eigenvalue weighted by molar-refractivity contribution is 5.79. The molecule has 0 radical (unpaired) electrons. The summed E-state index contributed by atoms with van der Waals surface area (Å²) < 4.78 is 19.0. The second kappa shape index (κ2) is 6.56. The maximum atomic E-state index is 13.2. The highest BCUT2D eigenvalue weighted by Gasteiger charge is 2.30. The van der Waals surface area contributed by atoms with Crippen molar-refractivity contribution in [1.82, 2.24) is 4.90 Å². The summed E-state index contributed by atoms with van der Waals surface area (Å²) >= 11 is 0. The monoisotopic (exact) mass is 291 g/mol.